The zero-order valence-corrected chi connectivity index (χ0v) is 8.40. The number of nitrogens with one attached hydrogen (secondary N) is 1. The smallest absolute Gasteiger partial charge is 0.165 e. The second kappa shape index (κ2) is 2.72. The number of H-pyrrole nitrogens is 1. The first kappa shape index (κ1) is 8.54. The highest BCUT2D eigenvalue weighted by Gasteiger charge is 2.26. The normalized spacial score (nSPS) is 21.8. The molecule has 1 atom stereocenters. The van der Waals surface area contributed by atoms with Crippen molar-refractivity contribution >= 4 is 5.78 Å². The summed E-state index contributed by atoms with van der Waals surface area (Å²) in [6, 6.07) is 0. The number of hydrogen-bond donors (Lipinski definition) is 1. The van der Waals surface area contributed by atoms with E-state index in [1.807, 2.05) is 13.8 Å². The molecule has 0 aliphatic heterocycles. The molecule has 1 unspecified atom stereocenters. The number of fused-ring (bicyclic) bond motifs is 1. The lowest BCUT2D eigenvalue weighted by molar-refractivity contribution is 0.0952. The van der Waals surface area contributed by atoms with Crippen LogP contribution in [0.4, 0.5) is 0 Å². The van der Waals surface area contributed by atoms with Crippen molar-refractivity contribution in [3.05, 3.63) is 22.5 Å². The van der Waals surface area contributed by atoms with Gasteiger partial charge in [0.15, 0.2) is 5.78 Å². The van der Waals surface area contributed by atoms with Gasteiger partial charge in [-0.05, 0) is 31.7 Å². The summed E-state index contributed by atoms with van der Waals surface area (Å²) in [7, 11) is 0. The van der Waals surface area contributed by atoms with E-state index in [2.05, 4.69) is 11.9 Å². The van der Waals surface area contributed by atoms with Crippen LogP contribution in [0.3, 0.4) is 0 Å². The van der Waals surface area contributed by atoms with Crippen molar-refractivity contribution in [3.8, 4) is 0 Å². The van der Waals surface area contributed by atoms with Crippen LogP contribution in [-0.2, 0) is 6.42 Å². The standard InChI is InChI=1S/C11H15NO/c1-6-4-9-11(10(13)5-6)7(2)8(3)12-9/h6,12H,4-5H2,1-3H3. The molecule has 1 aliphatic carbocycles. The molecule has 1 aromatic heterocycles. The van der Waals surface area contributed by atoms with Crippen LogP contribution in [0.5, 0.6) is 0 Å². The molecule has 1 heterocycles. The Morgan fingerprint density at radius 2 is 2.00 bits per heavy atom. The maximum atomic E-state index is 11.7. The van der Waals surface area contributed by atoms with Gasteiger partial charge >= 0.3 is 0 Å². The molecule has 13 heavy (non-hydrogen) atoms. The molecule has 0 saturated heterocycles. The van der Waals surface area contributed by atoms with E-state index in [1.165, 1.54) is 0 Å². The molecule has 0 radical (unpaired) electrons. The molecule has 2 heteroatoms. The van der Waals surface area contributed by atoms with Crippen LogP contribution in [0.25, 0.3) is 0 Å². The van der Waals surface area contributed by atoms with E-state index < -0.39 is 0 Å². The molecule has 0 aromatic carbocycles. The fourth-order valence-electron chi connectivity index (χ4n) is 2.17. The molecular weight excluding hydrogens is 162 g/mol. The van der Waals surface area contributed by atoms with E-state index in [1.54, 1.807) is 0 Å². The summed E-state index contributed by atoms with van der Waals surface area (Å²) in [4.78, 5) is 15.0. The summed E-state index contributed by atoms with van der Waals surface area (Å²) in [5.41, 5.74) is 4.41. The lowest BCUT2D eigenvalue weighted by Gasteiger charge is -2.17. The average molecular weight is 177 g/mol. The molecule has 1 aliphatic rings. The zero-order valence-electron chi connectivity index (χ0n) is 8.40. The number of carbonyl (C=O) groups is 1. The topological polar surface area (TPSA) is 32.9 Å². The van der Waals surface area contributed by atoms with E-state index in [0.29, 0.717) is 18.1 Å². The lowest BCUT2D eigenvalue weighted by atomic mass is 9.87. The Bertz CT molecular complexity index is 362. The number of ketones is 1. The third kappa shape index (κ3) is 1.21. The van der Waals surface area contributed by atoms with Crippen LogP contribution >= 0.6 is 0 Å². The van der Waals surface area contributed by atoms with E-state index in [0.717, 1.165) is 28.9 Å². The number of carbonyl (C=O) groups excluding carboxylic acids is 1. The van der Waals surface area contributed by atoms with E-state index in [4.69, 9.17) is 0 Å². The molecule has 1 aromatic rings. The van der Waals surface area contributed by atoms with Gasteiger partial charge in [-0.15, -0.1) is 0 Å². The minimum absolute atomic E-state index is 0.315. The van der Waals surface area contributed by atoms with Gasteiger partial charge in [-0.3, -0.25) is 4.79 Å². The van der Waals surface area contributed by atoms with Gasteiger partial charge in [0.25, 0.3) is 0 Å². The largest absolute Gasteiger partial charge is 0.362 e. The monoisotopic (exact) mass is 177 g/mol. The fraction of sp³-hybridized carbons (Fsp3) is 0.545. The predicted octanol–water partition coefficient (Wildman–Crippen LogP) is 2.40. The second-order valence-electron chi connectivity index (χ2n) is 4.17. The Hall–Kier alpha value is -1.05. The predicted molar refractivity (Wildman–Crippen MR) is 52.1 cm³/mol. The van der Waals surface area contributed by atoms with E-state index >= 15 is 0 Å². The van der Waals surface area contributed by atoms with Crippen LogP contribution < -0.4 is 0 Å². The number of aromatic amines is 1. The molecule has 2 nitrogen and oxygen atoms in total. The van der Waals surface area contributed by atoms with E-state index in [-0.39, 0.29) is 0 Å². The van der Waals surface area contributed by atoms with Gasteiger partial charge in [0.05, 0.1) is 0 Å². The maximum Gasteiger partial charge on any atom is 0.165 e. The maximum absolute atomic E-state index is 11.7. The number of aromatic nitrogens is 1. The quantitative estimate of drug-likeness (QED) is 0.648. The highest BCUT2D eigenvalue weighted by atomic mass is 16.1. The van der Waals surface area contributed by atoms with Crippen LogP contribution in [-0.4, -0.2) is 10.8 Å². The zero-order chi connectivity index (χ0) is 9.59. The Balaban J connectivity index is 2.55. The molecular formula is C11H15NO. The number of rotatable bonds is 0. The van der Waals surface area contributed by atoms with Crippen molar-refractivity contribution in [2.24, 2.45) is 5.92 Å². The van der Waals surface area contributed by atoms with Gasteiger partial charge in [-0.2, -0.15) is 0 Å². The first-order chi connectivity index (χ1) is 6.09. The SMILES string of the molecule is Cc1[nH]c2c(c1C)C(=O)CC(C)C2. The summed E-state index contributed by atoms with van der Waals surface area (Å²) in [6.07, 6.45) is 1.74. The first-order valence-electron chi connectivity index (χ1n) is 4.81. The van der Waals surface area contributed by atoms with Gasteiger partial charge in [0.1, 0.15) is 0 Å². The molecule has 0 amide bonds. The van der Waals surface area contributed by atoms with Crippen LogP contribution in [0.1, 0.15) is 40.7 Å². The molecule has 0 bridgehead atoms. The summed E-state index contributed by atoms with van der Waals surface area (Å²) < 4.78 is 0. The Morgan fingerprint density at radius 3 is 2.69 bits per heavy atom. The fourth-order valence-corrected chi connectivity index (χ4v) is 2.17. The highest BCUT2D eigenvalue weighted by Crippen LogP contribution is 2.28. The Kier molecular flexibility index (Phi) is 1.79. The van der Waals surface area contributed by atoms with Gasteiger partial charge in [-0.25, -0.2) is 0 Å². The average Bonchev–Trinajstić information content (AvgIpc) is 2.27. The van der Waals surface area contributed by atoms with Crippen molar-refractivity contribution in [1.82, 2.24) is 4.98 Å². The highest BCUT2D eigenvalue weighted by molar-refractivity contribution is 6.00. The van der Waals surface area contributed by atoms with Gasteiger partial charge in [0.2, 0.25) is 0 Å². The minimum Gasteiger partial charge on any atom is -0.362 e. The third-order valence-electron chi connectivity index (χ3n) is 2.94. The Labute approximate surface area is 78.4 Å². The summed E-state index contributed by atoms with van der Waals surface area (Å²) >= 11 is 0. The number of hydrogen-bond acceptors (Lipinski definition) is 1. The molecule has 0 spiro atoms. The third-order valence-corrected chi connectivity index (χ3v) is 2.94. The van der Waals surface area contributed by atoms with Crippen molar-refractivity contribution in [2.45, 2.75) is 33.6 Å². The summed E-state index contributed by atoms with van der Waals surface area (Å²) in [6.45, 7) is 6.19. The van der Waals surface area contributed by atoms with Gasteiger partial charge < -0.3 is 4.98 Å². The summed E-state index contributed by atoms with van der Waals surface area (Å²) in [5, 5.41) is 0. The molecule has 0 saturated carbocycles. The van der Waals surface area contributed by atoms with E-state index in [9.17, 15) is 4.79 Å². The summed E-state index contributed by atoms with van der Waals surface area (Å²) in [5.74, 6) is 0.813. The first-order valence-corrected chi connectivity index (χ1v) is 4.81. The molecule has 1 N–H and O–H groups in total. The molecule has 2 rings (SSSR count). The van der Waals surface area contributed by atoms with Crippen LogP contribution in [0, 0.1) is 19.8 Å². The minimum atomic E-state index is 0.315. The molecule has 70 valence electrons. The van der Waals surface area contributed by atoms with Crippen LogP contribution in [0.15, 0.2) is 0 Å². The number of Topliss-reactive ketones (excluding diaryl/α,β-unsaturated/α-hetero) is 1. The number of aryl methyl sites for hydroxylation is 1. The second-order valence-corrected chi connectivity index (χ2v) is 4.17. The lowest BCUT2D eigenvalue weighted by Crippen LogP contribution is -2.17. The van der Waals surface area contributed by atoms with Crippen LogP contribution in [0.2, 0.25) is 0 Å². The van der Waals surface area contributed by atoms with Gasteiger partial charge in [-0.1, -0.05) is 6.92 Å². The van der Waals surface area contributed by atoms with Crippen molar-refractivity contribution < 1.29 is 4.79 Å². The van der Waals surface area contributed by atoms with Crippen molar-refractivity contribution in [2.75, 3.05) is 0 Å². The Morgan fingerprint density at radius 1 is 1.31 bits per heavy atom. The van der Waals surface area contributed by atoms with Crippen molar-refractivity contribution in [3.63, 3.8) is 0 Å². The molecule has 0 fully saturated rings. The van der Waals surface area contributed by atoms with Crippen molar-refractivity contribution in [1.29, 1.82) is 0 Å². The van der Waals surface area contributed by atoms with Gasteiger partial charge in [0, 0.05) is 23.4 Å².